The Morgan fingerprint density at radius 3 is 2.52 bits per heavy atom. The van der Waals surface area contributed by atoms with E-state index in [4.69, 9.17) is 10.5 Å². The highest BCUT2D eigenvalue weighted by molar-refractivity contribution is 7.89. The third-order valence-electron chi connectivity index (χ3n) is 4.52. The molecule has 5 nitrogen and oxygen atoms in total. The van der Waals surface area contributed by atoms with Crippen LogP contribution < -0.4 is 15.2 Å². The monoisotopic (exact) mass is 312 g/mol. The van der Waals surface area contributed by atoms with E-state index in [0.717, 1.165) is 25.7 Å². The lowest BCUT2D eigenvalue weighted by Crippen LogP contribution is -2.58. The molecular formula is C15H24N2O3S. The molecule has 3 N–H and O–H groups in total. The van der Waals surface area contributed by atoms with Crippen LogP contribution in [0.25, 0.3) is 0 Å². The normalized spacial score (nSPS) is 26.5. The Kier molecular flexibility index (Phi) is 4.91. The van der Waals surface area contributed by atoms with Gasteiger partial charge in [-0.1, -0.05) is 19.8 Å². The highest BCUT2D eigenvalue weighted by Crippen LogP contribution is 2.34. The molecule has 1 aliphatic carbocycles. The van der Waals surface area contributed by atoms with Crippen LogP contribution in [-0.4, -0.2) is 27.6 Å². The fraction of sp³-hybridized carbons (Fsp3) is 0.600. The average molecular weight is 312 g/mol. The molecule has 0 radical (unpaired) electrons. The van der Waals surface area contributed by atoms with Gasteiger partial charge in [-0.15, -0.1) is 0 Å². The van der Waals surface area contributed by atoms with Gasteiger partial charge < -0.3 is 10.5 Å². The van der Waals surface area contributed by atoms with Crippen molar-refractivity contribution in [1.82, 2.24) is 4.72 Å². The molecule has 1 saturated carbocycles. The highest BCUT2D eigenvalue weighted by atomic mass is 32.2. The van der Waals surface area contributed by atoms with E-state index in [1.54, 1.807) is 31.4 Å². The van der Waals surface area contributed by atoms with E-state index in [0.29, 0.717) is 12.3 Å². The molecular weight excluding hydrogens is 288 g/mol. The van der Waals surface area contributed by atoms with Crippen LogP contribution >= 0.6 is 0 Å². The minimum absolute atomic E-state index is 0.240. The van der Waals surface area contributed by atoms with Gasteiger partial charge in [-0.05, 0) is 43.0 Å². The van der Waals surface area contributed by atoms with Crippen molar-refractivity contribution in [3.05, 3.63) is 24.3 Å². The van der Waals surface area contributed by atoms with Crippen molar-refractivity contribution in [3.63, 3.8) is 0 Å². The Hall–Kier alpha value is -1.11. The van der Waals surface area contributed by atoms with Gasteiger partial charge in [-0.2, -0.15) is 0 Å². The Morgan fingerprint density at radius 1 is 1.33 bits per heavy atom. The lowest BCUT2D eigenvalue weighted by Gasteiger charge is -2.42. The number of nitrogens with two attached hydrogens (primary N) is 1. The number of methoxy groups -OCH3 is 1. The molecule has 0 aromatic heterocycles. The SMILES string of the molecule is COc1ccc(S(=O)(=O)NC2(CN)CCCCC2C)cc1. The lowest BCUT2D eigenvalue weighted by atomic mass is 9.74. The first-order valence-electron chi connectivity index (χ1n) is 7.31. The van der Waals surface area contributed by atoms with Gasteiger partial charge in [0.05, 0.1) is 12.0 Å². The molecule has 1 aromatic rings. The molecule has 1 aliphatic rings. The second-order valence-corrected chi connectivity index (χ2v) is 7.47. The van der Waals surface area contributed by atoms with Gasteiger partial charge in [0.25, 0.3) is 0 Å². The average Bonchev–Trinajstić information content (AvgIpc) is 2.49. The summed E-state index contributed by atoms with van der Waals surface area (Å²) in [4.78, 5) is 0.244. The fourth-order valence-corrected chi connectivity index (χ4v) is 4.53. The number of sulfonamides is 1. The number of benzene rings is 1. The summed E-state index contributed by atoms with van der Waals surface area (Å²) in [7, 11) is -2.02. The molecule has 0 spiro atoms. The number of hydrogen-bond donors (Lipinski definition) is 2. The summed E-state index contributed by atoms with van der Waals surface area (Å²) in [5.74, 6) is 0.873. The maximum Gasteiger partial charge on any atom is 0.241 e. The van der Waals surface area contributed by atoms with Gasteiger partial charge in [0.1, 0.15) is 5.75 Å². The van der Waals surface area contributed by atoms with Crippen LogP contribution in [-0.2, 0) is 10.0 Å². The number of rotatable bonds is 5. The van der Waals surface area contributed by atoms with Gasteiger partial charge >= 0.3 is 0 Å². The van der Waals surface area contributed by atoms with Gasteiger partial charge in [0, 0.05) is 12.1 Å². The predicted octanol–water partition coefficient (Wildman–Crippen LogP) is 1.88. The van der Waals surface area contributed by atoms with Crippen molar-refractivity contribution in [3.8, 4) is 5.75 Å². The molecule has 1 fully saturated rings. The summed E-state index contributed by atoms with van der Waals surface area (Å²) in [5, 5.41) is 0. The molecule has 2 rings (SSSR count). The molecule has 118 valence electrons. The smallest absolute Gasteiger partial charge is 0.241 e. The molecule has 2 unspecified atom stereocenters. The first-order chi connectivity index (χ1) is 9.93. The first-order valence-corrected chi connectivity index (χ1v) is 8.80. The maximum absolute atomic E-state index is 12.6. The Morgan fingerprint density at radius 2 is 2.00 bits per heavy atom. The van der Waals surface area contributed by atoms with E-state index in [2.05, 4.69) is 11.6 Å². The maximum atomic E-state index is 12.6. The highest BCUT2D eigenvalue weighted by Gasteiger charge is 2.40. The zero-order valence-electron chi connectivity index (χ0n) is 12.6. The van der Waals surface area contributed by atoms with E-state index in [-0.39, 0.29) is 10.8 Å². The van der Waals surface area contributed by atoms with Crippen molar-refractivity contribution in [2.75, 3.05) is 13.7 Å². The molecule has 6 heteroatoms. The standard InChI is InChI=1S/C15H24N2O3S/c1-12-5-3-4-10-15(12,11-16)17-21(18,19)14-8-6-13(20-2)7-9-14/h6-9,12,17H,3-5,10-11,16H2,1-2H3. The van der Waals surface area contributed by atoms with Gasteiger partial charge in [0.2, 0.25) is 10.0 Å². The Balaban J connectivity index is 2.26. The largest absolute Gasteiger partial charge is 0.497 e. The first kappa shape index (κ1) is 16.3. The lowest BCUT2D eigenvalue weighted by molar-refractivity contribution is 0.191. The van der Waals surface area contributed by atoms with Crippen LogP contribution in [0.3, 0.4) is 0 Å². The molecule has 0 heterocycles. The van der Waals surface area contributed by atoms with Gasteiger partial charge in [0.15, 0.2) is 0 Å². The van der Waals surface area contributed by atoms with Crippen LogP contribution in [0.5, 0.6) is 5.75 Å². The van der Waals surface area contributed by atoms with Crippen molar-refractivity contribution < 1.29 is 13.2 Å². The molecule has 0 saturated heterocycles. The summed E-state index contributed by atoms with van der Waals surface area (Å²) in [6, 6.07) is 6.40. The van der Waals surface area contributed by atoms with Crippen LogP contribution in [0.4, 0.5) is 0 Å². The predicted molar refractivity (Wildman–Crippen MR) is 82.7 cm³/mol. The third kappa shape index (κ3) is 3.39. The molecule has 2 atom stereocenters. The van der Waals surface area contributed by atoms with Crippen molar-refractivity contribution in [1.29, 1.82) is 0 Å². The van der Waals surface area contributed by atoms with E-state index in [1.807, 2.05) is 0 Å². The minimum Gasteiger partial charge on any atom is -0.497 e. The fourth-order valence-electron chi connectivity index (χ4n) is 2.99. The summed E-state index contributed by atoms with van der Waals surface area (Å²) < 4.78 is 33.1. The van der Waals surface area contributed by atoms with Gasteiger partial charge in [-0.3, -0.25) is 0 Å². The molecule has 0 aliphatic heterocycles. The quantitative estimate of drug-likeness (QED) is 0.870. The van der Waals surface area contributed by atoms with Crippen LogP contribution in [0.1, 0.15) is 32.6 Å². The summed E-state index contributed by atoms with van der Waals surface area (Å²) in [6.07, 6.45) is 3.93. The van der Waals surface area contributed by atoms with Crippen molar-refractivity contribution in [2.45, 2.75) is 43.0 Å². The number of hydrogen-bond acceptors (Lipinski definition) is 4. The van der Waals surface area contributed by atoms with E-state index in [1.165, 1.54) is 0 Å². The van der Waals surface area contributed by atoms with E-state index in [9.17, 15) is 8.42 Å². The Bertz CT molecular complexity index is 571. The second-order valence-electron chi connectivity index (χ2n) is 5.79. The molecule has 1 aromatic carbocycles. The van der Waals surface area contributed by atoms with Crippen LogP contribution in [0.2, 0.25) is 0 Å². The second kappa shape index (κ2) is 6.34. The summed E-state index contributed by atoms with van der Waals surface area (Å²) in [5.41, 5.74) is 5.38. The third-order valence-corrected chi connectivity index (χ3v) is 6.09. The number of ether oxygens (including phenoxy) is 1. The zero-order chi connectivity index (χ0) is 15.5. The molecule has 0 amide bonds. The Labute approximate surface area is 126 Å². The van der Waals surface area contributed by atoms with E-state index < -0.39 is 15.6 Å². The van der Waals surface area contributed by atoms with Crippen molar-refractivity contribution in [2.24, 2.45) is 11.7 Å². The zero-order valence-corrected chi connectivity index (χ0v) is 13.4. The minimum atomic E-state index is -3.57. The molecule has 21 heavy (non-hydrogen) atoms. The van der Waals surface area contributed by atoms with Gasteiger partial charge in [-0.25, -0.2) is 13.1 Å². The summed E-state index contributed by atoms with van der Waals surface area (Å²) in [6.45, 7) is 2.39. The summed E-state index contributed by atoms with van der Waals surface area (Å²) >= 11 is 0. The topological polar surface area (TPSA) is 81.4 Å². The van der Waals surface area contributed by atoms with Crippen molar-refractivity contribution >= 4 is 10.0 Å². The molecule has 0 bridgehead atoms. The van der Waals surface area contributed by atoms with E-state index >= 15 is 0 Å². The number of nitrogens with one attached hydrogen (secondary N) is 1. The van der Waals surface area contributed by atoms with Crippen LogP contribution in [0, 0.1) is 5.92 Å². The van der Waals surface area contributed by atoms with Crippen LogP contribution in [0.15, 0.2) is 29.2 Å².